The first-order chi connectivity index (χ1) is 24.6. The average Bonchev–Trinajstić information content (AvgIpc) is 3.61. The van der Waals surface area contributed by atoms with Crippen molar-refractivity contribution in [1.29, 1.82) is 0 Å². The molecule has 5 amide bonds. The van der Waals surface area contributed by atoms with Crippen LogP contribution in [0.1, 0.15) is 69.3 Å². The van der Waals surface area contributed by atoms with E-state index < -0.39 is 54.3 Å². The first kappa shape index (κ1) is 37.2. The number of hydrogen-bond acceptors (Lipinski definition) is 10. The van der Waals surface area contributed by atoms with Crippen molar-refractivity contribution < 1.29 is 47.4 Å². The first-order valence-electron chi connectivity index (χ1n) is 17.6. The number of aromatic nitrogens is 1. The molecule has 16 heteroatoms. The molecule has 276 valence electrons. The molecule has 0 unspecified atom stereocenters. The Balaban J connectivity index is 1.30. The Kier molecular flexibility index (Phi) is 12.6. The van der Waals surface area contributed by atoms with Crippen LogP contribution < -0.4 is 15.4 Å². The zero-order valence-electron chi connectivity index (χ0n) is 29.0. The molecule has 3 aliphatic rings. The van der Waals surface area contributed by atoms with Gasteiger partial charge in [-0.2, -0.15) is 0 Å². The maximum atomic E-state index is 14.4. The van der Waals surface area contributed by atoms with Gasteiger partial charge in [0.1, 0.15) is 29.3 Å². The zero-order valence-corrected chi connectivity index (χ0v) is 29.0. The molecule has 0 radical (unpaired) electrons. The van der Waals surface area contributed by atoms with E-state index in [1.165, 1.54) is 39.0 Å². The highest BCUT2D eigenvalue weighted by Gasteiger charge is 2.36. The van der Waals surface area contributed by atoms with E-state index >= 15 is 0 Å². The second-order valence-electron chi connectivity index (χ2n) is 12.7. The van der Waals surface area contributed by atoms with Crippen molar-refractivity contribution in [3.05, 3.63) is 35.8 Å². The van der Waals surface area contributed by atoms with Crippen molar-refractivity contribution in [3.8, 4) is 5.75 Å². The van der Waals surface area contributed by atoms with E-state index in [0.29, 0.717) is 19.4 Å². The molecule has 1 aliphatic carbocycles. The van der Waals surface area contributed by atoms with Crippen LogP contribution >= 0.6 is 0 Å². The van der Waals surface area contributed by atoms with Gasteiger partial charge in [-0.25, -0.2) is 14.2 Å². The number of amides is 5. The lowest BCUT2D eigenvalue weighted by Crippen LogP contribution is -2.56. The fourth-order valence-corrected chi connectivity index (χ4v) is 6.34. The summed E-state index contributed by atoms with van der Waals surface area (Å²) < 4.78 is 30.3. The largest absolute Gasteiger partial charge is 0.483 e. The maximum absolute atomic E-state index is 14.4. The van der Waals surface area contributed by atoms with Gasteiger partial charge < -0.3 is 39.5 Å². The molecule has 1 saturated carbocycles. The van der Waals surface area contributed by atoms with Gasteiger partial charge >= 0.3 is 12.1 Å². The van der Waals surface area contributed by atoms with Crippen LogP contribution in [0.5, 0.6) is 5.75 Å². The second kappa shape index (κ2) is 17.3. The first-order valence-corrected chi connectivity index (χ1v) is 17.6. The van der Waals surface area contributed by atoms with Crippen molar-refractivity contribution in [1.82, 2.24) is 30.3 Å². The highest BCUT2D eigenvalue weighted by Crippen LogP contribution is 2.28. The lowest BCUT2D eigenvalue weighted by molar-refractivity contribution is -0.143. The van der Waals surface area contributed by atoms with Crippen molar-refractivity contribution in [3.63, 3.8) is 0 Å². The molecular formula is C35H45FN6O9. The van der Waals surface area contributed by atoms with Crippen LogP contribution in [-0.4, -0.2) is 126 Å². The molecule has 2 aromatic rings. The maximum Gasteiger partial charge on any atom is 0.409 e. The minimum atomic E-state index is -1.15. The van der Waals surface area contributed by atoms with Gasteiger partial charge in [-0.15, -0.1) is 0 Å². The van der Waals surface area contributed by atoms with E-state index in [-0.39, 0.29) is 86.5 Å². The summed E-state index contributed by atoms with van der Waals surface area (Å²) in [5, 5.41) is 5.90. The summed E-state index contributed by atoms with van der Waals surface area (Å²) >= 11 is 0. The molecule has 2 aliphatic heterocycles. The van der Waals surface area contributed by atoms with Gasteiger partial charge in [0.2, 0.25) is 11.8 Å². The van der Waals surface area contributed by atoms with Crippen LogP contribution in [0, 0.1) is 5.82 Å². The van der Waals surface area contributed by atoms with E-state index in [1.54, 1.807) is 13.8 Å². The summed E-state index contributed by atoms with van der Waals surface area (Å²) in [5.41, 5.74) is 0.0338. The molecular weight excluding hydrogens is 667 g/mol. The minimum Gasteiger partial charge on any atom is -0.483 e. The summed E-state index contributed by atoms with van der Waals surface area (Å²) in [6.45, 7) is 4.50. The third-order valence-electron chi connectivity index (χ3n) is 9.31. The number of piperazine rings is 1. The number of rotatable bonds is 13. The van der Waals surface area contributed by atoms with Crippen molar-refractivity contribution in [2.45, 2.75) is 76.9 Å². The molecule has 0 spiro atoms. The van der Waals surface area contributed by atoms with Gasteiger partial charge in [0, 0.05) is 56.6 Å². The summed E-state index contributed by atoms with van der Waals surface area (Å²) in [4.78, 5) is 86.8. The normalized spacial score (nSPS) is 18.1. The zero-order chi connectivity index (χ0) is 36.5. The number of hydrogen-bond donors (Lipinski definition) is 2. The van der Waals surface area contributed by atoms with Gasteiger partial charge in [-0.3, -0.25) is 24.0 Å². The minimum absolute atomic E-state index is 0.0113. The molecule has 5 rings (SSSR count). The Hall–Kier alpha value is -5.02. The third kappa shape index (κ3) is 9.41. The van der Waals surface area contributed by atoms with E-state index in [0.717, 1.165) is 19.3 Å². The van der Waals surface area contributed by atoms with Crippen LogP contribution in [-0.2, 0) is 28.7 Å². The molecule has 3 fully saturated rings. The highest BCUT2D eigenvalue weighted by molar-refractivity contribution is 5.99. The number of nitrogens with zero attached hydrogens (tertiary/aromatic N) is 4. The van der Waals surface area contributed by atoms with Gasteiger partial charge in [-0.1, -0.05) is 0 Å². The van der Waals surface area contributed by atoms with E-state index in [4.69, 9.17) is 14.2 Å². The number of esters is 1. The molecule has 2 atom stereocenters. The number of benzene rings is 1. The molecule has 2 saturated heterocycles. The number of nitrogens with one attached hydrogen (secondary N) is 2. The van der Waals surface area contributed by atoms with Gasteiger partial charge in [0.15, 0.2) is 6.61 Å². The van der Waals surface area contributed by atoms with E-state index in [1.807, 2.05) is 0 Å². The fourth-order valence-electron chi connectivity index (χ4n) is 6.34. The highest BCUT2D eigenvalue weighted by atomic mass is 19.1. The van der Waals surface area contributed by atoms with Crippen molar-refractivity contribution in [2.75, 3.05) is 52.5 Å². The van der Waals surface area contributed by atoms with Crippen LogP contribution in [0.4, 0.5) is 9.18 Å². The topological polar surface area (TPSA) is 177 Å². The van der Waals surface area contributed by atoms with Gasteiger partial charge in [0.25, 0.3) is 11.8 Å². The van der Waals surface area contributed by atoms with Crippen molar-refractivity contribution in [2.24, 2.45) is 0 Å². The Morgan fingerprint density at radius 2 is 1.65 bits per heavy atom. The predicted octanol–water partition coefficient (Wildman–Crippen LogP) is 2.15. The Labute approximate surface area is 295 Å². The van der Waals surface area contributed by atoms with Crippen LogP contribution in [0.3, 0.4) is 0 Å². The summed E-state index contributed by atoms with van der Waals surface area (Å²) in [7, 11) is 0. The molecule has 15 nitrogen and oxygen atoms in total. The molecule has 3 heterocycles. The fraction of sp³-hybridized carbons (Fsp3) is 0.571. The molecule has 2 N–H and O–H groups in total. The molecule has 51 heavy (non-hydrogen) atoms. The standard InChI is InChI=1S/C35H45FN6O9/c1-3-49-31(44)13-12-26(34(47)40-15-17-41(18-16-40)35(48)50-4-2)39-32(45)27-20-29(24-19-22(36)10-11-25(24)38-27)51-21-30(43)42-14-6-9-28(42)33(46)37-23-7-5-8-23/h10-11,19-20,23,26,28H,3-9,12-18,21H2,1-2H3,(H,37,46)(H,39,45)/t26-,28-/m0/s1. The summed E-state index contributed by atoms with van der Waals surface area (Å²) in [6.07, 6.45) is 3.42. The lowest BCUT2D eigenvalue weighted by Gasteiger charge is -2.36. The second-order valence-corrected chi connectivity index (χ2v) is 12.7. The number of likely N-dealkylation sites (tertiary alicyclic amines) is 1. The summed E-state index contributed by atoms with van der Waals surface area (Å²) in [6, 6.07) is 3.36. The number of fused-ring (bicyclic) bond motifs is 1. The molecule has 0 bridgehead atoms. The number of carbonyl (C=O) groups is 6. The predicted molar refractivity (Wildman–Crippen MR) is 180 cm³/mol. The Morgan fingerprint density at radius 1 is 0.922 bits per heavy atom. The average molecular weight is 713 g/mol. The van der Waals surface area contributed by atoms with E-state index in [2.05, 4.69) is 15.6 Å². The van der Waals surface area contributed by atoms with E-state index in [9.17, 15) is 33.2 Å². The number of halogens is 1. The quantitative estimate of drug-likeness (QED) is 0.293. The number of carbonyl (C=O) groups excluding carboxylic acids is 6. The van der Waals surface area contributed by atoms with Crippen molar-refractivity contribution >= 4 is 46.6 Å². The monoisotopic (exact) mass is 712 g/mol. The van der Waals surface area contributed by atoms with Crippen LogP contribution in [0.15, 0.2) is 24.3 Å². The SMILES string of the molecule is CCOC(=O)CC[C@H](NC(=O)c1cc(OCC(=O)N2CCC[C@H]2C(=O)NC2CCC2)c2cc(F)ccc2n1)C(=O)N1CCN(C(=O)OCC)CC1. The Bertz CT molecular complexity index is 1630. The number of ether oxygens (including phenoxy) is 3. The molecule has 1 aromatic heterocycles. The van der Waals surface area contributed by atoms with Crippen LogP contribution in [0.2, 0.25) is 0 Å². The smallest absolute Gasteiger partial charge is 0.409 e. The third-order valence-corrected chi connectivity index (χ3v) is 9.31. The van der Waals surface area contributed by atoms with Gasteiger partial charge in [0.05, 0.1) is 18.7 Å². The van der Waals surface area contributed by atoms with Gasteiger partial charge in [-0.05, 0) is 70.6 Å². The lowest BCUT2D eigenvalue weighted by atomic mass is 9.93. The summed E-state index contributed by atoms with van der Waals surface area (Å²) in [5.74, 6) is -2.95. The van der Waals surface area contributed by atoms with Crippen LogP contribution in [0.25, 0.3) is 10.9 Å². The number of pyridine rings is 1. The Morgan fingerprint density at radius 3 is 2.33 bits per heavy atom. The molecule has 1 aromatic carbocycles.